The number of nitrogens with zero attached hydrogens (tertiary/aromatic N) is 1. The molecule has 0 unspecified atom stereocenters. The van der Waals surface area contributed by atoms with Gasteiger partial charge in [0.15, 0.2) is 5.78 Å². The molecule has 1 fully saturated rings. The lowest BCUT2D eigenvalue weighted by Gasteiger charge is -2.33. The Bertz CT molecular complexity index is 823. The van der Waals surface area contributed by atoms with Crippen LogP contribution in [0.5, 0.6) is 0 Å². The molecule has 1 aromatic carbocycles. The van der Waals surface area contributed by atoms with Crippen molar-refractivity contribution in [2.24, 2.45) is 0 Å². The number of carbonyl (C=O) groups excluding carboxylic acids is 1. The maximum absolute atomic E-state index is 13.0. The molecule has 0 spiro atoms. The Morgan fingerprint density at radius 2 is 1.91 bits per heavy atom. The van der Waals surface area contributed by atoms with Crippen molar-refractivity contribution in [3.8, 4) is 10.4 Å². The molecule has 4 nitrogen and oxygen atoms in total. The number of hydrogen-bond acceptors (Lipinski definition) is 4. The second-order valence-corrected chi connectivity index (χ2v) is 8.13. The fourth-order valence-electron chi connectivity index (χ4n) is 2.29. The lowest BCUT2D eigenvalue weighted by atomic mass is 10.2. The summed E-state index contributed by atoms with van der Waals surface area (Å²) in [6.45, 7) is 1.28. The molecule has 7 heteroatoms. The fraction of sp³-hybridized carbons (Fsp3) is 0.267. The van der Waals surface area contributed by atoms with Crippen molar-refractivity contribution in [3.05, 3.63) is 41.3 Å². The van der Waals surface area contributed by atoms with Gasteiger partial charge < -0.3 is 0 Å². The molecule has 22 heavy (non-hydrogen) atoms. The molecule has 0 saturated carbocycles. The van der Waals surface area contributed by atoms with Crippen molar-refractivity contribution in [1.82, 2.24) is 4.31 Å². The van der Waals surface area contributed by atoms with E-state index in [2.05, 4.69) is 0 Å². The van der Waals surface area contributed by atoms with Crippen LogP contribution >= 0.6 is 11.3 Å². The van der Waals surface area contributed by atoms with Crippen LogP contribution in [0.3, 0.4) is 0 Å². The summed E-state index contributed by atoms with van der Waals surface area (Å²) < 4.78 is 39.3. The molecule has 0 aliphatic carbocycles. The van der Waals surface area contributed by atoms with Crippen LogP contribution in [0.4, 0.5) is 4.39 Å². The van der Waals surface area contributed by atoms with Gasteiger partial charge in [-0.2, -0.15) is 4.31 Å². The highest BCUT2D eigenvalue weighted by Crippen LogP contribution is 2.35. The van der Waals surface area contributed by atoms with Crippen LogP contribution in [0.1, 0.15) is 16.6 Å². The molecular formula is C15H14FNO3S2. The number of benzene rings is 1. The first-order valence-corrected chi connectivity index (χ1v) is 8.99. The third kappa shape index (κ3) is 2.60. The van der Waals surface area contributed by atoms with Crippen LogP contribution in [0, 0.1) is 0 Å². The normalized spacial score (nSPS) is 16.5. The number of carbonyl (C=O) groups is 1. The minimum Gasteiger partial charge on any atom is -0.294 e. The monoisotopic (exact) mass is 339 g/mol. The van der Waals surface area contributed by atoms with Crippen LogP contribution in [0.15, 0.2) is 41.3 Å². The molecule has 1 aromatic heterocycles. The average molecular weight is 339 g/mol. The molecule has 1 aliphatic heterocycles. The van der Waals surface area contributed by atoms with Crippen molar-refractivity contribution >= 4 is 27.1 Å². The average Bonchev–Trinajstić information content (AvgIpc) is 2.94. The van der Waals surface area contributed by atoms with E-state index >= 15 is 0 Å². The van der Waals surface area contributed by atoms with Crippen LogP contribution in [0.2, 0.25) is 0 Å². The number of sulfonamides is 1. The van der Waals surface area contributed by atoms with E-state index in [1.165, 1.54) is 24.3 Å². The van der Waals surface area contributed by atoms with Crippen LogP contribution in [-0.2, 0) is 10.0 Å². The summed E-state index contributed by atoms with van der Waals surface area (Å²) in [4.78, 5) is 12.9. The lowest BCUT2D eigenvalue weighted by molar-refractivity contribution is 0.102. The molecule has 0 radical (unpaired) electrons. The van der Waals surface area contributed by atoms with E-state index in [0.29, 0.717) is 15.3 Å². The molecule has 3 rings (SSSR count). The van der Waals surface area contributed by atoms with Crippen molar-refractivity contribution in [3.63, 3.8) is 0 Å². The van der Waals surface area contributed by atoms with Gasteiger partial charge in [-0.05, 0) is 25.1 Å². The Morgan fingerprint density at radius 1 is 1.23 bits per heavy atom. The number of Topliss-reactive ketones (excluding diaryl/α,β-unsaturated/α-hetero) is 1. The zero-order valence-corrected chi connectivity index (χ0v) is 13.5. The van der Waals surface area contributed by atoms with Gasteiger partial charge >= 0.3 is 0 Å². The van der Waals surface area contributed by atoms with Gasteiger partial charge in [0, 0.05) is 23.5 Å². The number of hydrogen-bond donors (Lipinski definition) is 0. The predicted molar refractivity (Wildman–Crippen MR) is 83.4 cm³/mol. The zero-order chi connectivity index (χ0) is 15.9. The predicted octanol–water partition coefficient (Wildman–Crippen LogP) is 2.96. The third-order valence-electron chi connectivity index (χ3n) is 3.53. The quantitative estimate of drug-likeness (QED) is 0.805. The van der Waals surface area contributed by atoms with Crippen molar-refractivity contribution in [2.45, 2.75) is 18.0 Å². The van der Waals surface area contributed by atoms with Crippen LogP contribution < -0.4 is 0 Å². The Kier molecular flexibility index (Phi) is 3.88. The number of rotatable bonds is 4. The van der Waals surface area contributed by atoms with Crippen LogP contribution in [0.25, 0.3) is 10.4 Å². The Hall–Kier alpha value is -1.57. The smallest absolute Gasteiger partial charge is 0.243 e. The maximum Gasteiger partial charge on any atom is 0.243 e. The minimum atomic E-state index is -3.71. The van der Waals surface area contributed by atoms with Crippen molar-refractivity contribution in [1.29, 1.82) is 0 Å². The molecule has 0 bridgehead atoms. The molecule has 2 heterocycles. The maximum atomic E-state index is 13.0. The highest BCUT2D eigenvalue weighted by Gasteiger charge is 2.37. The van der Waals surface area contributed by atoms with Crippen molar-refractivity contribution in [2.75, 3.05) is 13.1 Å². The van der Waals surface area contributed by atoms with Gasteiger partial charge in [-0.25, -0.2) is 12.8 Å². The second-order valence-electron chi connectivity index (χ2n) is 5.14. The van der Waals surface area contributed by atoms with E-state index < -0.39 is 16.2 Å². The number of alkyl halides is 1. The van der Waals surface area contributed by atoms with Gasteiger partial charge in [0.1, 0.15) is 6.17 Å². The number of ketones is 1. The van der Waals surface area contributed by atoms with Gasteiger partial charge in [0.2, 0.25) is 10.0 Å². The number of halogens is 1. The first-order valence-electron chi connectivity index (χ1n) is 6.74. The molecule has 2 aromatic rings. The summed E-state index contributed by atoms with van der Waals surface area (Å²) in [7, 11) is -3.71. The fourth-order valence-corrected chi connectivity index (χ4v) is 5.00. The highest BCUT2D eigenvalue weighted by atomic mass is 32.2. The topological polar surface area (TPSA) is 54.5 Å². The molecule has 0 atom stereocenters. The third-order valence-corrected chi connectivity index (χ3v) is 6.64. The van der Waals surface area contributed by atoms with Crippen LogP contribution in [-0.4, -0.2) is 37.8 Å². The van der Waals surface area contributed by atoms with E-state index in [1.54, 1.807) is 30.3 Å². The van der Waals surface area contributed by atoms with Gasteiger partial charge in [0.25, 0.3) is 0 Å². The molecule has 0 amide bonds. The highest BCUT2D eigenvalue weighted by molar-refractivity contribution is 7.89. The standard InChI is InChI=1S/C15H14FNO3S2/c1-10(18)13-6-7-14(21-13)12-4-2-3-5-15(12)22(19,20)17-8-11(16)9-17/h2-7,11H,8-9H2,1H3. The zero-order valence-electron chi connectivity index (χ0n) is 11.8. The first kappa shape index (κ1) is 15.3. The minimum absolute atomic E-state index is 0.0559. The number of thiophene rings is 1. The molecule has 116 valence electrons. The lowest BCUT2D eigenvalue weighted by Crippen LogP contribution is -2.51. The first-order chi connectivity index (χ1) is 10.4. The summed E-state index contributed by atoms with van der Waals surface area (Å²) in [6, 6.07) is 10.0. The molecular weight excluding hydrogens is 325 g/mol. The molecule has 0 N–H and O–H groups in total. The van der Waals surface area contributed by atoms with E-state index in [-0.39, 0.29) is 23.8 Å². The Labute approximate surface area is 132 Å². The summed E-state index contributed by atoms with van der Waals surface area (Å²) >= 11 is 1.26. The van der Waals surface area contributed by atoms with E-state index in [4.69, 9.17) is 0 Å². The van der Waals surface area contributed by atoms with Crippen molar-refractivity contribution < 1.29 is 17.6 Å². The van der Waals surface area contributed by atoms with Gasteiger partial charge in [-0.3, -0.25) is 4.79 Å². The van der Waals surface area contributed by atoms with Gasteiger partial charge in [-0.1, -0.05) is 18.2 Å². The van der Waals surface area contributed by atoms with E-state index in [1.807, 2.05) is 0 Å². The Morgan fingerprint density at radius 3 is 2.50 bits per heavy atom. The second kappa shape index (κ2) is 5.57. The SMILES string of the molecule is CC(=O)c1ccc(-c2ccccc2S(=O)(=O)N2CC(F)C2)s1. The summed E-state index contributed by atoms with van der Waals surface area (Å²) in [5, 5.41) is 0. The van der Waals surface area contributed by atoms with Gasteiger partial charge in [0.05, 0.1) is 9.77 Å². The molecule has 1 saturated heterocycles. The summed E-state index contributed by atoms with van der Waals surface area (Å²) in [5.74, 6) is -0.0559. The van der Waals surface area contributed by atoms with E-state index in [9.17, 15) is 17.6 Å². The van der Waals surface area contributed by atoms with E-state index in [0.717, 1.165) is 4.31 Å². The Balaban J connectivity index is 2.05. The largest absolute Gasteiger partial charge is 0.294 e. The van der Waals surface area contributed by atoms with Gasteiger partial charge in [-0.15, -0.1) is 11.3 Å². The molecule has 1 aliphatic rings. The summed E-state index contributed by atoms with van der Waals surface area (Å²) in [6.07, 6.45) is -1.09. The summed E-state index contributed by atoms with van der Waals surface area (Å²) in [5.41, 5.74) is 0.544.